The Labute approximate surface area is 173 Å². The number of hydrogen-bond donors (Lipinski definition) is 1. The zero-order chi connectivity index (χ0) is 17.5. The normalized spacial score (nSPS) is 15.3. The minimum Gasteiger partial charge on any atom is -0.497 e. The molecular weight excluding hydrogens is 387 g/mol. The van der Waals surface area contributed by atoms with E-state index in [0.29, 0.717) is 12.3 Å². The van der Waals surface area contributed by atoms with Gasteiger partial charge in [0.25, 0.3) is 0 Å². The van der Waals surface area contributed by atoms with E-state index in [1.807, 2.05) is 30.3 Å². The molecule has 1 aliphatic heterocycles. The molecule has 0 amide bonds. The van der Waals surface area contributed by atoms with Gasteiger partial charge in [0, 0.05) is 44.5 Å². The molecule has 0 spiro atoms. The summed E-state index contributed by atoms with van der Waals surface area (Å²) >= 11 is 0. The second-order valence-corrected chi connectivity index (χ2v) is 6.27. The lowest BCUT2D eigenvalue weighted by atomic mass is 10.2. The smallest absolute Gasteiger partial charge is 0.123 e. The van der Waals surface area contributed by atoms with Crippen LogP contribution in [0, 0.1) is 0 Å². The summed E-state index contributed by atoms with van der Waals surface area (Å²) < 4.78 is 10.8. The number of aliphatic hydroxyl groups is 1. The van der Waals surface area contributed by atoms with Crippen LogP contribution in [-0.4, -0.2) is 62.6 Å². The number of benzene rings is 2. The molecule has 27 heavy (non-hydrogen) atoms. The molecule has 1 saturated heterocycles. The van der Waals surface area contributed by atoms with Crippen LogP contribution in [0.5, 0.6) is 11.5 Å². The Morgan fingerprint density at radius 3 is 2.26 bits per heavy atom. The van der Waals surface area contributed by atoms with E-state index in [-0.39, 0.29) is 31.4 Å². The van der Waals surface area contributed by atoms with Crippen molar-refractivity contribution in [2.45, 2.75) is 6.10 Å². The molecule has 1 fully saturated rings. The molecule has 1 atom stereocenters. The molecule has 5 nitrogen and oxygen atoms in total. The number of methoxy groups -OCH3 is 1. The third kappa shape index (κ3) is 7.11. The molecule has 0 aliphatic carbocycles. The minimum atomic E-state index is -0.505. The number of aliphatic hydroxyl groups excluding tert-OH is 1. The van der Waals surface area contributed by atoms with E-state index in [1.54, 1.807) is 7.11 Å². The first-order chi connectivity index (χ1) is 12.2. The van der Waals surface area contributed by atoms with Crippen molar-refractivity contribution in [1.29, 1.82) is 0 Å². The van der Waals surface area contributed by atoms with Crippen LogP contribution in [0.2, 0.25) is 0 Å². The van der Waals surface area contributed by atoms with Crippen molar-refractivity contribution in [3.8, 4) is 11.5 Å². The van der Waals surface area contributed by atoms with E-state index in [0.717, 1.165) is 31.9 Å². The van der Waals surface area contributed by atoms with Gasteiger partial charge >= 0.3 is 0 Å². The van der Waals surface area contributed by atoms with Crippen molar-refractivity contribution in [3.63, 3.8) is 0 Å². The van der Waals surface area contributed by atoms with Crippen LogP contribution < -0.4 is 14.4 Å². The van der Waals surface area contributed by atoms with Crippen LogP contribution in [-0.2, 0) is 0 Å². The number of anilines is 1. The Bertz CT molecular complexity index is 653. The van der Waals surface area contributed by atoms with Gasteiger partial charge in [-0.25, -0.2) is 0 Å². The number of rotatable bonds is 7. The van der Waals surface area contributed by atoms with Gasteiger partial charge < -0.3 is 19.5 Å². The first-order valence-electron chi connectivity index (χ1n) is 8.72. The zero-order valence-electron chi connectivity index (χ0n) is 15.5. The lowest BCUT2D eigenvalue weighted by Gasteiger charge is -2.36. The minimum absolute atomic E-state index is 0. The number of piperazine rings is 1. The second-order valence-electron chi connectivity index (χ2n) is 6.27. The number of ether oxygens (including phenoxy) is 2. The van der Waals surface area contributed by atoms with Crippen LogP contribution in [0.15, 0.2) is 54.6 Å². The molecule has 1 heterocycles. The van der Waals surface area contributed by atoms with E-state index in [9.17, 15) is 5.11 Å². The average molecular weight is 415 g/mol. The van der Waals surface area contributed by atoms with Crippen molar-refractivity contribution in [2.75, 3.05) is 51.3 Å². The maximum Gasteiger partial charge on any atom is 0.123 e. The fourth-order valence-electron chi connectivity index (χ4n) is 3.06. The van der Waals surface area contributed by atoms with Crippen LogP contribution in [0.25, 0.3) is 0 Å². The van der Waals surface area contributed by atoms with Crippen LogP contribution in [0.4, 0.5) is 5.69 Å². The highest BCUT2D eigenvalue weighted by Crippen LogP contribution is 2.19. The number of hydrogen-bond acceptors (Lipinski definition) is 5. The van der Waals surface area contributed by atoms with E-state index in [4.69, 9.17) is 9.47 Å². The van der Waals surface area contributed by atoms with Crippen molar-refractivity contribution >= 4 is 30.5 Å². The Hall–Kier alpha value is -1.66. The van der Waals surface area contributed by atoms with Crippen molar-refractivity contribution in [2.24, 2.45) is 0 Å². The summed E-state index contributed by atoms with van der Waals surface area (Å²) in [6.45, 7) is 4.77. The number of halogens is 2. The van der Waals surface area contributed by atoms with Crippen molar-refractivity contribution < 1.29 is 14.6 Å². The summed E-state index contributed by atoms with van der Waals surface area (Å²) in [5, 5.41) is 10.3. The Morgan fingerprint density at radius 2 is 1.59 bits per heavy atom. The molecule has 1 aliphatic rings. The highest BCUT2D eigenvalue weighted by atomic mass is 35.5. The van der Waals surface area contributed by atoms with Gasteiger partial charge in [-0.3, -0.25) is 4.90 Å². The Morgan fingerprint density at radius 1 is 0.926 bits per heavy atom. The number of para-hydroxylation sites is 1. The molecule has 150 valence electrons. The van der Waals surface area contributed by atoms with Crippen LogP contribution in [0.3, 0.4) is 0 Å². The fourth-order valence-corrected chi connectivity index (χ4v) is 3.06. The summed E-state index contributed by atoms with van der Waals surface area (Å²) in [4.78, 5) is 4.68. The standard InChI is InChI=1S/C20H26N2O3.2ClH/c1-24-19-8-5-9-20(14-19)25-16-18(23)15-21-10-12-22(13-11-21)17-6-3-2-4-7-17;;/h2-9,14,18,23H,10-13,15-16H2,1H3;2*1H. The SMILES string of the molecule is COc1cccc(OCC(O)CN2CCN(c3ccccc3)CC2)c1.Cl.Cl. The van der Waals surface area contributed by atoms with Crippen LogP contribution >= 0.6 is 24.8 Å². The summed E-state index contributed by atoms with van der Waals surface area (Å²) in [5.41, 5.74) is 1.27. The maximum absolute atomic E-state index is 10.3. The summed E-state index contributed by atoms with van der Waals surface area (Å²) in [5.74, 6) is 1.47. The first-order valence-corrected chi connectivity index (χ1v) is 8.72. The molecule has 2 aromatic carbocycles. The third-order valence-corrected chi connectivity index (χ3v) is 4.45. The molecule has 0 bridgehead atoms. The van der Waals surface area contributed by atoms with E-state index in [1.165, 1.54) is 5.69 Å². The number of nitrogens with zero attached hydrogens (tertiary/aromatic N) is 2. The Balaban J connectivity index is 0.00000182. The van der Waals surface area contributed by atoms with Crippen LogP contribution in [0.1, 0.15) is 0 Å². The van der Waals surface area contributed by atoms with Gasteiger partial charge in [0.05, 0.1) is 7.11 Å². The molecule has 0 aromatic heterocycles. The van der Waals surface area contributed by atoms with E-state index >= 15 is 0 Å². The lowest BCUT2D eigenvalue weighted by molar-refractivity contribution is 0.0662. The van der Waals surface area contributed by atoms with Gasteiger partial charge in [0.15, 0.2) is 0 Å². The number of β-amino-alcohol motifs (C(OH)–C–C–N with tert-alkyl or cyclic N) is 1. The summed E-state index contributed by atoms with van der Waals surface area (Å²) in [6.07, 6.45) is -0.505. The molecular formula is C20H28Cl2N2O3. The quantitative estimate of drug-likeness (QED) is 0.753. The largest absolute Gasteiger partial charge is 0.497 e. The second kappa shape index (κ2) is 11.9. The van der Waals surface area contributed by atoms with Gasteiger partial charge in [-0.1, -0.05) is 24.3 Å². The molecule has 3 rings (SSSR count). The molecule has 7 heteroatoms. The fraction of sp³-hybridized carbons (Fsp3) is 0.400. The first kappa shape index (κ1) is 23.4. The van der Waals surface area contributed by atoms with Gasteiger partial charge in [-0.15, -0.1) is 24.8 Å². The van der Waals surface area contributed by atoms with E-state index in [2.05, 4.69) is 34.1 Å². The lowest BCUT2D eigenvalue weighted by Crippen LogP contribution is -2.49. The summed E-state index contributed by atoms with van der Waals surface area (Å²) in [6, 6.07) is 17.9. The molecule has 0 saturated carbocycles. The highest BCUT2D eigenvalue weighted by molar-refractivity contribution is 5.85. The average Bonchev–Trinajstić information content (AvgIpc) is 2.68. The molecule has 2 aromatic rings. The van der Waals surface area contributed by atoms with Crippen molar-refractivity contribution in [3.05, 3.63) is 54.6 Å². The Kier molecular flexibility index (Phi) is 10.3. The van der Waals surface area contributed by atoms with Gasteiger partial charge in [-0.2, -0.15) is 0 Å². The monoisotopic (exact) mass is 414 g/mol. The molecule has 0 radical (unpaired) electrons. The van der Waals surface area contributed by atoms with Crippen molar-refractivity contribution in [1.82, 2.24) is 4.90 Å². The summed E-state index contributed by atoms with van der Waals surface area (Å²) in [7, 11) is 1.63. The predicted octanol–water partition coefficient (Wildman–Crippen LogP) is 3.10. The third-order valence-electron chi connectivity index (χ3n) is 4.45. The van der Waals surface area contributed by atoms with Gasteiger partial charge in [0.2, 0.25) is 0 Å². The van der Waals surface area contributed by atoms with Gasteiger partial charge in [-0.05, 0) is 24.3 Å². The maximum atomic E-state index is 10.3. The predicted molar refractivity (Wildman–Crippen MR) is 114 cm³/mol. The molecule has 1 N–H and O–H groups in total. The van der Waals surface area contributed by atoms with E-state index < -0.39 is 6.10 Å². The highest BCUT2D eigenvalue weighted by Gasteiger charge is 2.19. The topological polar surface area (TPSA) is 45.2 Å². The zero-order valence-corrected chi connectivity index (χ0v) is 17.1. The molecule has 1 unspecified atom stereocenters. The van der Waals surface area contributed by atoms with Gasteiger partial charge in [0.1, 0.15) is 24.2 Å².